The number of nitrogens with two attached hydrogens (primary N) is 1. The molecule has 0 spiro atoms. The van der Waals surface area contributed by atoms with Crippen molar-refractivity contribution in [1.82, 2.24) is 4.98 Å². The molecule has 1 aliphatic rings. The van der Waals surface area contributed by atoms with Gasteiger partial charge in [0.05, 0.1) is 7.11 Å². The van der Waals surface area contributed by atoms with Gasteiger partial charge < -0.3 is 15.4 Å². The summed E-state index contributed by atoms with van der Waals surface area (Å²) in [6, 6.07) is 1.57. The van der Waals surface area contributed by atoms with Crippen molar-refractivity contribution in [2.45, 2.75) is 12.5 Å². The van der Waals surface area contributed by atoms with Crippen LogP contribution in [0.2, 0.25) is 0 Å². The van der Waals surface area contributed by atoms with Crippen LogP contribution >= 0.6 is 0 Å². The number of fused-ring (bicyclic) bond motifs is 1. The van der Waals surface area contributed by atoms with Crippen molar-refractivity contribution in [3.05, 3.63) is 17.8 Å². The number of carbonyl (C=O) groups is 1. The lowest BCUT2D eigenvalue weighted by atomic mass is 10.1. The first-order chi connectivity index (χ1) is 7.15. The molecular weight excluding hydrogens is 194 g/mol. The molecule has 5 heteroatoms. The molecule has 5 nitrogen and oxygen atoms in total. The van der Waals surface area contributed by atoms with Crippen LogP contribution in [0.4, 0.5) is 5.69 Å². The van der Waals surface area contributed by atoms with Gasteiger partial charge in [0, 0.05) is 30.9 Å². The highest BCUT2D eigenvalue weighted by atomic mass is 16.5. The molecule has 0 saturated heterocycles. The normalized spacial score (nSPS) is 18.8. The lowest BCUT2D eigenvalue weighted by molar-refractivity contribution is -0.119. The summed E-state index contributed by atoms with van der Waals surface area (Å²) in [6.07, 6.45) is 2.23. The van der Waals surface area contributed by atoms with E-state index in [1.807, 2.05) is 18.0 Å². The second-order valence-corrected chi connectivity index (χ2v) is 3.55. The van der Waals surface area contributed by atoms with E-state index in [4.69, 9.17) is 10.5 Å². The Morgan fingerprint density at radius 2 is 2.47 bits per heavy atom. The summed E-state index contributed by atoms with van der Waals surface area (Å²) in [5.41, 5.74) is 7.23. The molecule has 2 heterocycles. The molecule has 2 rings (SSSR count). The van der Waals surface area contributed by atoms with Gasteiger partial charge in [0.2, 0.25) is 11.8 Å². The molecule has 0 fully saturated rings. The SMILES string of the molecule is COc1nccc2c1CC(C(N)=O)N2C. The van der Waals surface area contributed by atoms with Gasteiger partial charge in [-0.2, -0.15) is 0 Å². The number of hydrogen-bond donors (Lipinski definition) is 1. The Labute approximate surface area is 87.8 Å². The van der Waals surface area contributed by atoms with E-state index >= 15 is 0 Å². The summed E-state index contributed by atoms with van der Waals surface area (Å²) in [5.74, 6) is 0.249. The van der Waals surface area contributed by atoms with Crippen molar-refractivity contribution in [1.29, 1.82) is 0 Å². The number of ether oxygens (including phenoxy) is 1. The minimum Gasteiger partial charge on any atom is -0.481 e. The van der Waals surface area contributed by atoms with E-state index < -0.39 is 0 Å². The quantitative estimate of drug-likeness (QED) is 0.737. The van der Waals surface area contributed by atoms with E-state index in [-0.39, 0.29) is 11.9 Å². The first-order valence-corrected chi connectivity index (χ1v) is 4.69. The number of nitrogens with zero attached hydrogens (tertiary/aromatic N) is 2. The second-order valence-electron chi connectivity index (χ2n) is 3.55. The third kappa shape index (κ3) is 1.40. The third-order valence-electron chi connectivity index (χ3n) is 2.76. The predicted octanol–water partition coefficient (Wildman–Crippen LogP) is -0.0636. The Hall–Kier alpha value is -1.78. The molecule has 1 aromatic rings. The second kappa shape index (κ2) is 3.42. The molecule has 0 aliphatic carbocycles. The molecule has 80 valence electrons. The zero-order chi connectivity index (χ0) is 11.0. The van der Waals surface area contributed by atoms with E-state index in [0.29, 0.717) is 12.3 Å². The summed E-state index contributed by atoms with van der Waals surface area (Å²) < 4.78 is 5.14. The van der Waals surface area contributed by atoms with Crippen molar-refractivity contribution in [2.75, 3.05) is 19.1 Å². The van der Waals surface area contributed by atoms with Crippen LogP contribution in [-0.2, 0) is 11.2 Å². The zero-order valence-electron chi connectivity index (χ0n) is 8.73. The van der Waals surface area contributed by atoms with Gasteiger partial charge in [-0.3, -0.25) is 4.79 Å². The summed E-state index contributed by atoms with van der Waals surface area (Å²) in [6.45, 7) is 0. The Morgan fingerprint density at radius 1 is 1.73 bits per heavy atom. The zero-order valence-corrected chi connectivity index (χ0v) is 8.73. The lowest BCUT2D eigenvalue weighted by Crippen LogP contribution is -2.40. The highest BCUT2D eigenvalue weighted by Crippen LogP contribution is 2.35. The standard InChI is InChI=1S/C10H13N3O2/c1-13-7-3-4-12-10(15-2)6(7)5-8(13)9(11)14/h3-4,8H,5H2,1-2H3,(H2,11,14). The molecule has 0 aromatic carbocycles. The van der Waals surface area contributed by atoms with Crippen molar-refractivity contribution < 1.29 is 9.53 Å². The van der Waals surface area contributed by atoms with Gasteiger partial charge in [-0.1, -0.05) is 0 Å². The number of aromatic nitrogens is 1. The van der Waals surface area contributed by atoms with Gasteiger partial charge in [0.1, 0.15) is 6.04 Å². The first kappa shape index (κ1) is 9.76. The number of primary amides is 1. The maximum atomic E-state index is 11.2. The van der Waals surface area contributed by atoms with E-state index in [1.54, 1.807) is 13.3 Å². The van der Waals surface area contributed by atoms with E-state index in [9.17, 15) is 4.79 Å². The number of methoxy groups -OCH3 is 1. The van der Waals surface area contributed by atoms with Crippen molar-refractivity contribution >= 4 is 11.6 Å². The fourth-order valence-electron chi connectivity index (χ4n) is 1.95. The predicted molar refractivity (Wildman–Crippen MR) is 55.9 cm³/mol. The summed E-state index contributed by atoms with van der Waals surface area (Å²) >= 11 is 0. The van der Waals surface area contributed by atoms with Crippen LogP contribution in [-0.4, -0.2) is 31.1 Å². The van der Waals surface area contributed by atoms with Crippen LogP contribution in [0.15, 0.2) is 12.3 Å². The van der Waals surface area contributed by atoms with Crippen LogP contribution in [0.3, 0.4) is 0 Å². The average molecular weight is 207 g/mol. The third-order valence-corrected chi connectivity index (χ3v) is 2.76. The largest absolute Gasteiger partial charge is 0.481 e. The molecule has 1 aliphatic heterocycles. The minimum absolute atomic E-state index is 0.293. The molecule has 1 unspecified atom stereocenters. The highest BCUT2D eigenvalue weighted by Gasteiger charge is 2.32. The molecule has 1 amide bonds. The average Bonchev–Trinajstić information content (AvgIpc) is 2.56. The molecular formula is C10H13N3O2. The molecule has 2 N–H and O–H groups in total. The molecule has 0 radical (unpaired) electrons. The smallest absolute Gasteiger partial charge is 0.240 e. The fraction of sp³-hybridized carbons (Fsp3) is 0.400. The van der Waals surface area contributed by atoms with Crippen LogP contribution in [0.25, 0.3) is 0 Å². The minimum atomic E-state index is -0.323. The monoisotopic (exact) mass is 207 g/mol. The van der Waals surface area contributed by atoms with Gasteiger partial charge in [0.15, 0.2) is 0 Å². The van der Waals surface area contributed by atoms with Crippen LogP contribution < -0.4 is 15.4 Å². The maximum Gasteiger partial charge on any atom is 0.240 e. The Balaban J connectivity index is 2.44. The Bertz CT molecular complexity index is 406. The molecule has 0 bridgehead atoms. The van der Waals surface area contributed by atoms with E-state index in [1.165, 1.54) is 0 Å². The van der Waals surface area contributed by atoms with E-state index in [0.717, 1.165) is 11.3 Å². The van der Waals surface area contributed by atoms with Crippen LogP contribution in [0, 0.1) is 0 Å². The van der Waals surface area contributed by atoms with E-state index in [2.05, 4.69) is 4.98 Å². The first-order valence-electron chi connectivity index (χ1n) is 4.69. The lowest BCUT2D eigenvalue weighted by Gasteiger charge is -2.18. The fourth-order valence-corrected chi connectivity index (χ4v) is 1.95. The van der Waals surface area contributed by atoms with Crippen molar-refractivity contribution in [3.8, 4) is 5.88 Å². The molecule has 0 saturated carbocycles. The number of amides is 1. The summed E-state index contributed by atoms with van der Waals surface area (Å²) in [4.78, 5) is 17.2. The molecule has 1 atom stereocenters. The van der Waals surface area contributed by atoms with Crippen LogP contribution in [0.1, 0.15) is 5.56 Å². The Kier molecular flexibility index (Phi) is 2.22. The van der Waals surface area contributed by atoms with Crippen molar-refractivity contribution in [3.63, 3.8) is 0 Å². The number of carbonyl (C=O) groups excluding carboxylic acids is 1. The highest BCUT2D eigenvalue weighted by molar-refractivity contribution is 5.87. The maximum absolute atomic E-state index is 11.2. The topological polar surface area (TPSA) is 68.5 Å². The number of pyridine rings is 1. The van der Waals surface area contributed by atoms with Gasteiger partial charge in [-0.05, 0) is 6.07 Å². The van der Waals surface area contributed by atoms with Crippen LogP contribution in [0.5, 0.6) is 5.88 Å². The van der Waals surface area contributed by atoms with Gasteiger partial charge >= 0.3 is 0 Å². The number of hydrogen-bond acceptors (Lipinski definition) is 4. The van der Waals surface area contributed by atoms with Gasteiger partial charge in [-0.25, -0.2) is 4.98 Å². The number of anilines is 1. The molecule has 15 heavy (non-hydrogen) atoms. The summed E-state index contributed by atoms with van der Waals surface area (Å²) in [7, 11) is 3.42. The van der Waals surface area contributed by atoms with Gasteiger partial charge in [0.25, 0.3) is 0 Å². The summed E-state index contributed by atoms with van der Waals surface area (Å²) in [5, 5.41) is 0. The van der Waals surface area contributed by atoms with Gasteiger partial charge in [-0.15, -0.1) is 0 Å². The number of likely N-dealkylation sites (N-methyl/N-ethyl adjacent to an activating group) is 1. The van der Waals surface area contributed by atoms with Crippen molar-refractivity contribution in [2.24, 2.45) is 5.73 Å². The Morgan fingerprint density at radius 3 is 3.07 bits per heavy atom. The molecule has 1 aromatic heterocycles. The number of rotatable bonds is 2.